The number of hydrogen-bond acceptors (Lipinski definition) is 3. The largest absolute Gasteiger partial charge is 0.393 e. The number of nitrogens with one attached hydrogen (secondary N) is 2. The van der Waals surface area contributed by atoms with Crippen LogP contribution in [0.5, 0.6) is 0 Å². The van der Waals surface area contributed by atoms with Crippen LogP contribution in [0.1, 0.15) is 42.1 Å². The minimum absolute atomic E-state index is 0.179. The first-order valence-corrected chi connectivity index (χ1v) is 12.0. The van der Waals surface area contributed by atoms with Gasteiger partial charge in [0.25, 0.3) is 0 Å². The smallest absolute Gasteiger partial charge is 0.0583 e. The van der Waals surface area contributed by atoms with Crippen molar-refractivity contribution in [3.05, 3.63) is 71.4 Å². The lowest BCUT2D eigenvalue weighted by Gasteiger charge is -2.51. The van der Waals surface area contributed by atoms with Gasteiger partial charge in [0.2, 0.25) is 0 Å². The number of rotatable bonds is 4. The number of aromatic amines is 1. The monoisotopic (exact) mass is 415 g/mol. The van der Waals surface area contributed by atoms with E-state index in [0.717, 1.165) is 25.9 Å². The maximum atomic E-state index is 10.9. The molecule has 31 heavy (non-hydrogen) atoms. The van der Waals surface area contributed by atoms with Gasteiger partial charge in [0.15, 0.2) is 0 Å². The van der Waals surface area contributed by atoms with Gasteiger partial charge in [-0.15, -0.1) is 0 Å². The van der Waals surface area contributed by atoms with Crippen LogP contribution in [0.3, 0.4) is 0 Å². The molecular weight excluding hydrogens is 382 g/mol. The molecule has 3 aromatic rings. The highest BCUT2D eigenvalue weighted by Gasteiger charge is 2.46. The molecule has 1 aliphatic carbocycles. The van der Waals surface area contributed by atoms with E-state index >= 15 is 0 Å². The summed E-state index contributed by atoms with van der Waals surface area (Å²) in [7, 11) is 0. The molecule has 2 aliphatic heterocycles. The summed E-state index contributed by atoms with van der Waals surface area (Å²) in [6.45, 7) is 4.14. The van der Waals surface area contributed by atoms with E-state index in [1.807, 2.05) is 0 Å². The Bertz CT molecular complexity index is 1050. The number of aliphatic hydroxyl groups is 1. The molecule has 3 heterocycles. The van der Waals surface area contributed by atoms with E-state index < -0.39 is 0 Å². The van der Waals surface area contributed by atoms with Crippen LogP contribution in [0.25, 0.3) is 10.9 Å². The number of piperidine rings is 1. The summed E-state index contributed by atoms with van der Waals surface area (Å²) < 4.78 is 0. The quantitative estimate of drug-likeness (QED) is 0.597. The predicted molar refractivity (Wildman–Crippen MR) is 125 cm³/mol. The summed E-state index contributed by atoms with van der Waals surface area (Å²) in [5, 5.41) is 16.0. The first kappa shape index (κ1) is 19.5. The number of benzene rings is 2. The Morgan fingerprint density at radius 2 is 1.87 bits per heavy atom. The van der Waals surface area contributed by atoms with Gasteiger partial charge in [0.1, 0.15) is 0 Å². The Kier molecular flexibility index (Phi) is 5.10. The molecule has 1 saturated carbocycles. The number of para-hydroxylation sites is 1. The van der Waals surface area contributed by atoms with Crippen molar-refractivity contribution >= 4 is 10.9 Å². The number of aromatic nitrogens is 1. The van der Waals surface area contributed by atoms with Crippen molar-refractivity contribution in [2.45, 2.75) is 44.4 Å². The first-order valence-electron chi connectivity index (χ1n) is 12.0. The normalized spacial score (nSPS) is 30.5. The molecule has 5 atom stereocenters. The van der Waals surface area contributed by atoms with Crippen molar-refractivity contribution in [1.82, 2.24) is 15.2 Å². The molecule has 0 radical (unpaired) electrons. The lowest BCUT2D eigenvalue weighted by Crippen LogP contribution is -2.53. The summed E-state index contributed by atoms with van der Waals surface area (Å²) in [5.74, 6) is 1.65. The zero-order chi connectivity index (χ0) is 20.8. The SMILES string of the molecule is O[C@@H]1CC[C@H]2CN3CCc4c([nH]c5ccccc45)[C@H]3C[C@@H]2[C@@H]1CNCc1ccccc1. The minimum Gasteiger partial charge on any atom is -0.393 e. The highest BCUT2D eigenvalue weighted by Crippen LogP contribution is 2.48. The second-order valence-electron chi connectivity index (χ2n) is 9.91. The van der Waals surface area contributed by atoms with Crippen molar-refractivity contribution in [2.75, 3.05) is 19.6 Å². The van der Waals surface area contributed by atoms with Gasteiger partial charge in [-0.25, -0.2) is 0 Å². The van der Waals surface area contributed by atoms with E-state index in [4.69, 9.17) is 0 Å². The van der Waals surface area contributed by atoms with Crippen molar-refractivity contribution in [3.8, 4) is 0 Å². The van der Waals surface area contributed by atoms with Crippen molar-refractivity contribution in [1.29, 1.82) is 0 Å². The molecule has 2 fully saturated rings. The summed E-state index contributed by atoms with van der Waals surface area (Å²) in [6.07, 6.45) is 4.26. The van der Waals surface area contributed by atoms with Crippen LogP contribution in [-0.4, -0.2) is 40.7 Å². The molecule has 1 saturated heterocycles. The molecule has 3 aliphatic rings. The Hall–Kier alpha value is -2.14. The van der Waals surface area contributed by atoms with Gasteiger partial charge in [-0.2, -0.15) is 0 Å². The zero-order valence-electron chi connectivity index (χ0n) is 18.1. The Morgan fingerprint density at radius 3 is 2.77 bits per heavy atom. The molecule has 6 rings (SSSR count). The third-order valence-electron chi connectivity index (χ3n) is 8.27. The van der Waals surface area contributed by atoms with Crippen LogP contribution in [-0.2, 0) is 13.0 Å². The number of H-pyrrole nitrogens is 1. The molecule has 1 aromatic heterocycles. The van der Waals surface area contributed by atoms with E-state index in [2.05, 4.69) is 69.8 Å². The van der Waals surface area contributed by atoms with Crippen LogP contribution in [0, 0.1) is 17.8 Å². The van der Waals surface area contributed by atoms with Crippen molar-refractivity contribution in [3.63, 3.8) is 0 Å². The molecule has 162 valence electrons. The van der Waals surface area contributed by atoms with Crippen LogP contribution < -0.4 is 5.32 Å². The van der Waals surface area contributed by atoms with E-state index in [1.165, 1.54) is 53.7 Å². The lowest BCUT2D eigenvalue weighted by molar-refractivity contribution is -0.0551. The van der Waals surface area contributed by atoms with Crippen molar-refractivity contribution in [2.24, 2.45) is 17.8 Å². The van der Waals surface area contributed by atoms with Gasteiger partial charge >= 0.3 is 0 Å². The lowest BCUT2D eigenvalue weighted by atomic mass is 9.65. The van der Waals surface area contributed by atoms with E-state index in [1.54, 1.807) is 0 Å². The van der Waals surface area contributed by atoms with Gasteiger partial charge in [0, 0.05) is 48.7 Å². The highest BCUT2D eigenvalue weighted by molar-refractivity contribution is 5.85. The third kappa shape index (κ3) is 3.51. The molecular formula is C27H33N3O. The summed E-state index contributed by atoms with van der Waals surface area (Å²) in [5.41, 5.74) is 5.57. The van der Waals surface area contributed by atoms with Gasteiger partial charge < -0.3 is 15.4 Å². The van der Waals surface area contributed by atoms with E-state index in [0.29, 0.717) is 23.8 Å². The fourth-order valence-electron chi connectivity index (χ4n) is 6.72. The maximum Gasteiger partial charge on any atom is 0.0583 e. The third-order valence-corrected chi connectivity index (χ3v) is 8.27. The van der Waals surface area contributed by atoms with Crippen LogP contribution >= 0.6 is 0 Å². The summed E-state index contributed by atoms with van der Waals surface area (Å²) >= 11 is 0. The Balaban J connectivity index is 1.23. The van der Waals surface area contributed by atoms with Crippen LogP contribution in [0.2, 0.25) is 0 Å². The molecule has 4 heteroatoms. The summed E-state index contributed by atoms with van der Waals surface area (Å²) in [4.78, 5) is 6.51. The maximum absolute atomic E-state index is 10.9. The standard InChI is InChI=1S/C27H33N3O/c31-26-11-10-19-17-30-13-12-21-20-8-4-5-9-24(20)29-27(21)25(30)14-22(19)23(26)16-28-15-18-6-2-1-3-7-18/h1-9,19,22-23,25-26,28-29,31H,10-17H2/t19-,22-,23-,25+,26+/m0/s1. The average molecular weight is 416 g/mol. The highest BCUT2D eigenvalue weighted by atomic mass is 16.3. The molecule has 0 bridgehead atoms. The molecule has 2 aromatic carbocycles. The van der Waals surface area contributed by atoms with Gasteiger partial charge in [-0.3, -0.25) is 4.90 Å². The number of hydrogen-bond donors (Lipinski definition) is 3. The topological polar surface area (TPSA) is 51.3 Å². The second-order valence-corrected chi connectivity index (χ2v) is 9.91. The molecule has 0 amide bonds. The minimum atomic E-state index is -0.179. The molecule has 4 nitrogen and oxygen atoms in total. The molecule has 3 N–H and O–H groups in total. The first-order chi connectivity index (χ1) is 15.3. The van der Waals surface area contributed by atoms with Gasteiger partial charge in [-0.05, 0) is 54.7 Å². The fourth-order valence-corrected chi connectivity index (χ4v) is 6.72. The number of aliphatic hydroxyl groups excluding tert-OH is 1. The van der Waals surface area contributed by atoms with Crippen LogP contribution in [0.15, 0.2) is 54.6 Å². The Labute approximate surface area is 184 Å². The Morgan fingerprint density at radius 1 is 1.03 bits per heavy atom. The van der Waals surface area contributed by atoms with Crippen molar-refractivity contribution < 1.29 is 5.11 Å². The number of nitrogens with zero attached hydrogens (tertiary/aromatic N) is 1. The van der Waals surface area contributed by atoms with E-state index in [-0.39, 0.29) is 6.10 Å². The fraction of sp³-hybridized carbons (Fsp3) is 0.481. The zero-order valence-corrected chi connectivity index (χ0v) is 18.1. The predicted octanol–water partition coefficient (Wildman–Crippen LogP) is 4.26. The van der Waals surface area contributed by atoms with Gasteiger partial charge in [0.05, 0.1) is 12.1 Å². The van der Waals surface area contributed by atoms with E-state index in [9.17, 15) is 5.11 Å². The van der Waals surface area contributed by atoms with Gasteiger partial charge in [-0.1, -0.05) is 48.5 Å². The summed E-state index contributed by atoms with van der Waals surface area (Å²) in [6, 6.07) is 19.8. The molecule has 0 unspecified atom stereocenters. The average Bonchev–Trinajstić information content (AvgIpc) is 3.19. The number of fused-ring (bicyclic) bond motifs is 6. The second kappa shape index (κ2) is 8.09. The van der Waals surface area contributed by atoms with Crippen LogP contribution in [0.4, 0.5) is 0 Å². The molecule has 0 spiro atoms.